The minimum atomic E-state index is 0.220. The van der Waals surface area contributed by atoms with E-state index in [1.54, 1.807) is 14.2 Å². The molecule has 1 fully saturated rings. The van der Waals surface area contributed by atoms with Crippen molar-refractivity contribution in [1.82, 2.24) is 15.0 Å². The fourth-order valence-corrected chi connectivity index (χ4v) is 2.99. The Labute approximate surface area is 112 Å². The Hall–Kier alpha value is -1.24. The number of nitrogens with zero attached hydrogens (tertiary/aromatic N) is 4. The molecule has 1 aromatic heterocycles. The van der Waals surface area contributed by atoms with E-state index in [1.165, 1.54) is 0 Å². The van der Waals surface area contributed by atoms with Crippen LogP contribution in [0.2, 0.25) is 0 Å². The van der Waals surface area contributed by atoms with Crippen LogP contribution in [0.4, 0.5) is 11.9 Å². The second-order valence-corrected chi connectivity index (χ2v) is 6.53. The molecule has 1 N–H and O–H groups in total. The quantitative estimate of drug-likeness (QED) is 0.886. The van der Waals surface area contributed by atoms with Gasteiger partial charge in [0.15, 0.2) is 0 Å². The van der Waals surface area contributed by atoms with E-state index in [4.69, 9.17) is 4.74 Å². The predicted octanol–water partition coefficient (Wildman–Crippen LogP) is 1.25. The Balaban J connectivity index is 2.26. The Morgan fingerprint density at radius 1 is 1.33 bits per heavy atom. The lowest BCUT2D eigenvalue weighted by molar-refractivity contribution is 0.378. The molecule has 0 spiro atoms. The Morgan fingerprint density at radius 2 is 2.11 bits per heavy atom. The lowest BCUT2D eigenvalue weighted by Gasteiger charge is -2.37. The first-order valence-corrected chi connectivity index (χ1v) is 6.89. The molecule has 100 valence electrons. The molecule has 0 aromatic carbocycles. The molecule has 2 rings (SSSR count). The summed E-state index contributed by atoms with van der Waals surface area (Å²) in [4.78, 5) is 15.0. The molecule has 1 aromatic rings. The van der Waals surface area contributed by atoms with Crippen molar-refractivity contribution >= 4 is 23.7 Å². The molecule has 1 aliphatic rings. The molecule has 6 nitrogen and oxygen atoms in total. The van der Waals surface area contributed by atoms with Crippen molar-refractivity contribution in [1.29, 1.82) is 0 Å². The number of nitrogens with one attached hydrogen (secondary N) is 1. The number of thioether (sulfide) groups is 1. The van der Waals surface area contributed by atoms with Crippen LogP contribution in [0, 0.1) is 0 Å². The smallest absolute Gasteiger partial charge is 0.322 e. The molecule has 1 saturated heterocycles. The molecule has 0 saturated carbocycles. The van der Waals surface area contributed by atoms with Gasteiger partial charge in [0, 0.05) is 30.6 Å². The average Bonchev–Trinajstić information content (AvgIpc) is 2.37. The highest BCUT2D eigenvalue weighted by molar-refractivity contribution is 8.00. The first-order valence-electron chi connectivity index (χ1n) is 5.91. The molecule has 0 aliphatic carbocycles. The summed E-state index contributed by atoms with van der Waals surface area (Å²) in [6, 6.07) is 0.348. The van der Waals surface area contributed by atoms with Gasteiger partial charge in [-0.1, -0.05) is 0 Å². The normalized spacial score (nSPS) is 18.6. The summed E-state index contributed by atoms with van der Waals surface area (Å²) in [7, 11) is 3.35. The molecule has 18 heavy (non-hydrogen) atoms. The van der Waals surface area contributed by atoms with Gasteiger partial charge >= 0.3 is 6.01 Å². The van der Waals surface area contributed by atoms with E-state index in [-0.39, 0.29) is 4.75 Å². The van der Waals surface area contributed by atoms with Crippen LogP contribution in [-0.4, -0.2) is 52.7 Å². The van der Waals surface area contributed by atoms with E-state index in [0.29, 0.717) is 17.9 Å². The molecule has 2 heterocycles. The van der Waals surface area contributed by atoms with E-state index in [9.17, 15) is 0 Å². The SMILES string of the molecule is CNc1nc(OC)nc(N2CCSC(C)(C)C2)n1. The molecule has 0 bridgehead atoms. The topological polar surface area (TPSA) is 63.2 Å². The van der Waals surface area contributed by atoms with Gasteiger partial charge in [-0.25, -0.2) is 0 Å². The zero-order valence-electron chi connectivity index (χ0n) is 11.2. The maximum atomic E-state index is 5.11. The van der Waals surface area contributed by atoms with Crippen LogP contribution in [0.3, 0.4) is 0 Å². The summed E-state index contributed by atoms with van der Waals surface area (Å²) >= 11 is 1.98. The molecule has 0 atom stereocenters. The monoisotopic (exact) mass is 269 g/mol. The van der Waals surface area contributed by atoms with Crippen LogP contribution in [-0.2, 0) is 0 Å². The number of hydrogen-bond donors (Lipinski definition) is 1. The van der Waals surface area contributed by atoms with Crippen molar-refractivity contribution in [3.63, 3.8) is 0 Å². The van der Waals surface area contributed by atoms with Crippen LogP contribution >= 0.6 is 11.8 Å². The van der Waals surface area contributed by atoms with Crippen molar-refractivity contribution in [2.75, 3.05) is 43.2 Å². The number of aromatic nitrogens is 3. The molecular formula is C11H19N5OS. The van der Waals surface area contributed by atoms with Gasteiger partial charge in [-0.05, 0) is 13.8 Å². The third-order valence-electron chi connectivity index (χ3n) is 2.72. The number of ether oxygens (including phenoxy) is 1. The maximum Gasteiger partial charge on any atom is 0.322 e. The molecule has 0 unspecified atom stereocenters. The van der Waals surface area contributed by atoms with E-state index in [1.807, 2.05) is 11.8 Å². The average molecular weight is 269 g/mol. The van der Waals surface area contributed by atoms with Crippen LogP contribution in [0.5, 0.6) is 6.01 Å². The number of methoxy groups -OCH3 is 1. The van der Waals surface area contributed by atoms with Gasteiger partial charge in [0.1, 0.15) is 0 Å². The van der Waals surface area contributed by atoms with E-state index in [0.717, 1.165) is 18.8 Å². The standard InChI is InChI=1S/C11H19N5OS/c1-11(2)7-16(5-6-18-11)9-13-8(12-3)14-10(15-9)17-4/h5-7H2,1-4H3,(H,12,13,14,15). The van der Waals surface area contributed by atoms with E-state index < -0.39 is 0 Å². The first-order chi connectivity index (χ1) is 8.54. The lowest BCUT2D eigenvalue weighted by atomic mass is 10.2. The minimum absolute atomic E-state index is 0.220. The molecular weight excluding hydrogens is 250 g/mol. The Kier molecular flexibility index (Phi) is 3.79. The highest BCUT2D eigenvalue weighted by Crippen LogP contribution is 2.31. The number of anilines is 2. The van der Waals surface area contributed by atoms with Gasteiger partial charge in [0.25, 0.3) is 0 Å². The van der Waals surface area contributed by atoms with E-state index >= 15 is 0 Å². The molecule has 1 aliphatic heterocycles. The zero-order chi connectivity index (χ0) is 13.2. The number of hydrogen-bond acceptors (Lipinski definition) is 7. The van der Waals surface area contributed by atoms with Crippen LogP contribution in [0.15, 0.2) is 0 Å². The summed E-state index contributed by atoms with van der Waals surface area (Å²) < 4.78 is 5.33. The third kappa shape index (κ3) is 2.95. The van der Waals surface area contributed by atoms with Crippen LogP contribution in [0.25, 0.3) is 0 Å². The van der Waals surface area contributed by atoms with Gasteiger partial charge in [-0.15, -0.1) is 0 Å². The van der Waals surface area contributed by atoms with Gasteiger partial charge in [0.2, 0.25) is 11.9 Å². The Morgan fingerprint density at radius 3 is 2.72 bits per heavy atom. The molecule has 0 radical (unpaired) electrons. The fraction of sp³-hybridized carbons (Fsp3) is 0.727. The van der Waals surface area contributed by atoms with Gasteiger partial charge < -0.3 is 15.0 Å². The van der Waals surface area contributed by atoms with E-state index in [2.05, 4.69) is 39.0 Å². The summed E-state index contributed by atoms with van der Waals surface area (Å²) in [6.07, 6.45) is 0. The fourth-order valence-electron chi connectivity index (χ4n) is 1.88. The maximum absolute atomic E-state index is 5.11. The van der Waals surface area contributed by atoms with Crippen molar-refractivity contribution < 1.29 is 4.74 Å². The van der Waals surface area contributed by atoms with Crippen molar-refractivity contribution in [2.45, 2.75) is 18.6 Å². The second-order valence-electron chi connectivity index (χ2n) is 4.73. The summed E-state index contributed by atoms with van der Waals surface area (Å²) in [5.41, 5.74) is 0. The van der Waals surface area contributed by atoms with Crippen molar-refractivity contribution in [3.8, 4) is 6.01 Å². The first kappa shape index (κ1) is 13.2. The summed E-state index contributed by atoms with van der Waals surface area (Å²) in [5, 5.41) is 2.93. The minimum Gasteiger partial charge on any atom is -0.467 e. The van der Waals surface area contributed by atoms with Crippen LogP contribution in [0.1, 0.15) is 13.8 Å². The molecule has 0 amide bonds. The highest BCUT2D eigenvalue weighted by atomic mass is 32.2. The predicted molar refractivity (Wildman–Crippen MR) is 74.7 cm³/mol. The number of rotatable bonds is 3. The zero-order valence-corrected chi connectivity index (χ0v) is 12.0. The summed E-state index contributed by atoms with van der Waals surface area (Å²) in [6.45, 7) is 6.35. The van der Waals surface area contributed by atoms with Gasteiger partial charge in [-0.3, -0.25) is 0 Å². The highest BCUT2D eigenvalue weighted by Gasteiger charge is 2.29. The summed E-state index contributed by atoms with van der Waals surface area (Å²) in [5.74, 6) is 2.29. The van der Waals surface area contributed by atoms with Crippen LogP contribution < -0.4 is 15.0 Å². The second kappa shape index (κ2) is 5.17. The Bertz CT molecular complexity index is 404. The van der Waals surface area contributed by atoms with Crippen molar-refractivity contribution in [2.24, 2.45) is 0 Å². The van der Waals surface area contributed by atoms with Crippen molar-refractivity contribution in [3.05, 3.63) is 0 Å². The molecule has 7 heteroatoms. The largest absolute Gasteiger partial charge is 0.467 e. The van der Waals surface area contributed by atoms with Gasteiger partial charge in [0.05, 0.1) is 7.11 Å². The van der Waals surface area contributed by atoms with Gasteiger partial charge in [-0.2, -0.15) is 26.7 Å². The lowest BCUT2D eigenvalue weighted by Crippen LogP contribution is -2.44. The third-order valence-corrected chi connectivity index (χ3v) is 4.02.